The lowest BCUT2D eigenvalue weighted by atomic mass is 9.95. The molecule has 1 fully saturated rings. The standard InChI is InChI=1S/C32H38ClN3O5S/c1-23-9-19-30(20-10-23)42(39,40)36(28-15-13-26(33)14-16-28)22-31(37)35(21-25-11-17-29(41-3)18-12-25)24(2)32(38)34-27-7-5-4-6-8-27/h9-20,24,27H,4-8,21-22H2,1-3H3,(H,34,38). The molecular weight excluding hydrogens is 574 g/mol. The number of carbonyl (C=O) groups is 2. The van der Waals surface area contributed by atoms with Gasteiger partial charge in [0.2, 0.25) is 11.8 Å². The van der Waals surface area contributed by atoms with E-state index in [-0.39, 0.29) is 29.1 Å². The van der Waals surface area contributed by atoms with E-state index >= 15 is 0 Å². The number of nitrogens with zero attached hydrogens (tertiary/aromatic N) is 2. The van der Waals surface area contributed by atoms with Gasteiger partial charge in [0.15, 0.2) is 0 Å². The zero-order valence-corrected chi connectivity index (χ0v) is 25.8. The number of sulfonamides is 1. The first-order valence-corrected chi connectivity index (χ1v) is 16.0. The summed E-state index contributed by atoms with van der Waals surface area (Å²) in [5, 5.41) is 3.55. The van der Waals surface area contributed by atoms with Crippen molar-refractivity contribution in [2.45, 2.75) is 69.5 Å². The maximum absolute atomic E-state index is 14.1. The summed E-state index contributed by atoms with van der Waals surface area (Å²) in [5.74, 6) is -0.108. The van der Waals surface area contributed by atoms with Crippen molar-refractivity contribution in [2.24, 2.45) is 0 Å². The monoisotopic (exact) mass is 611 g/mol. The summed E-state index contributed by atoms with van der Waals surface area (Å²) in [4.78, 5) is 29.0. The van der Waals surface area contributed by atoms with Crippen LogP contribution in [-0.4, -0.2) is 50.9 Å². The molecule has 4 rings (SSSR count). The molecule has 1 aliphatic rings. The molecule has 1 atom stereocenters. The Morgan fingerprint density at radius 3 is 2.17 bits per heavy atom. The minimum Gasteiger partial charge on any atom is -0.497 e. The number of rotatable bonds is 11. The van der Waals surface area contributed by atoms with E-state index in [1.165, 1.54) is 17.0 Å². The zero-order valence-electron chi connectivity index (χ0n) is 24.3. The fraction of sp³-hybridized carbons (Fsp3) is 0.375. The third kappa shape index (κ3) is 7.83. The molecule has 0 saturated heterocycles. The van der Waals surface area contributed by atoms with Gasteiger partial charge in [0.25, 0.3) is 10.0 Å². The number of hydrogen-bond acceptors (Lipinski definition) is 5. The van der Waals surface area contributed by atoms with Gasteiger partial charge in [-0.15, -0.1) is 0 Å². The largest absolute Gasteiger partial charge is 0.497 e. The zero-order chi connectivity index (χ0) is 30.3. The first kappa shape index (κ1) is 31.4. The Morgan fingerprint density at radius 2 is 1.57 bits per heavy atom. The summed E-state index contributed by atoms with van der Waals surface area (Å²) in [6, 6.07) is 19.2. The summed E-state index contributed by atoms with van der Waals surface area (Å²) in [6.07, 6.45) is 5.08. The first-order chi connectivity index (χ1) is 20.1. The van der Waals surface area contributed by atoms with E-state index in [1.54, 1.807) is 62.6 Å². The normalized spacial score (nSPS) is 14.6. The van der Waals surface area contributed by atoms with Crippen LogP contribution in [0.15, 0.2) is 77.7 Å². The van der Waals surface area contributed by atoms with Crippen molar-refractivity contribution in [3.05, 3.63) is 88.9 Å². The van der Waals surface area contributed by atoms with Crippen LogP contribution in [0, 0.1) is 6.92 Å². The molecular formula is C32H38ClN3O5S. The van der Waals surface area contributed by atoms with Crippen molar-refractivity contribution in [1.82, 2.24) is 10.2 Å². The van der Waals surface area contributed by atoms with Gasteiger partial charge in [-0.05, 0) is 80.8 Å². The molecule has 1 N–H and O–H groups in total. The Hall–Kier alpha value is -3.56. The first-order valence-electron chi connectivity index (χ1n) is 14.2. The third-order valence-electron chi connectivity index (χ3n) is 7.63. The second-order valence-corrected chi connectivity index (χ2v) is 13.0. The average molecular weight is 612 g/mol. The van der Waals surface area contributed by atoms with Crippen LogP contribution in [0.25, 0.3) is 0 Å². The molecule has 2 amide bonds. The number of ether oxygens (including phenoxy) is 1. The van der Waals surface area contributed by atoms with Gasteiger partial charge in [0.1, 0.15) is 18.3 Å². The van der Waals surface area contributed by atoms with E-state index in [1.807, 2.05) is 19.1 Å². The van der Waals surface area contributed by atoms with Crippen LogP contribution in [0.5, 0.6) is 5.75 Å². The summed E-state index contributed by atoms with van der Waals surface area (Å²) < 4.78 is 34.2. The van der Waals surface area contributed by atoms with Gasteiger partial charge in [-0.2, -0.15) is 0 Å². The number of benzene rings is 3. The Kier molecular flexibility index (Phi) is 10.5. The second-order valence-electron chi connectivity index (χ2n) is 10.7. The molecule has 0 spiro atoms. The van der Waals surface area contributed by atoms with E-state index < -0.39 is 28.5 Å². The molecule has 224 valence electrons. The van der Waals surface area contributed by atoms with E-state index in [0.717, 1.165) is 47.5 Å². The van der Waals surface area contributed by atoms with E-state index in [9.17, 15) is 18.0 Å². The summed E-state index contributed by atoms with van der Waals surface area (Å²) in [7, 11) is -2.57. The molecule has 0 aliphatic heterocycles. The predicted octanol–water partition coefficient (Wildman–Crippen LogP) is 5.72. The highest BCUT2D eigenvalue weighted by Gasteiger charge is 2.33. The minimum absolute atomic E-state index is 0.0562. The number of carbonyl (C=O) groups excluding carboxylic acids is 2. The molecule has 3 aromatic rings. The van der Waals surface area contributed by atoms with Gasteiger partial charge in [-0.25, -0.2) is 8.42 Å². The highest BCUT2D eigenvalue weighted by Crippen LogP contribution is 2.27. The number of hydrogen-bond donors (Lipinski definition) is 1. The smallest absolute Gasteiger partial charge is 0.264 e. The third-order valence-corrected chi connectivity index (χ3v) is 9.67. The van der Waals surface area contributed by atoms with Crippen LogP contribution in [0.1, 0.15) is 50.2 Å². The van der Waals surface area contributed by atoms with Crippen molar-refractivity contribution in [3.63, 3.8) is 0 Å². The lowest BCUT2D eigenvalue weighted by Crippen LogP contribution is -2.53. The van der Waals surface area contributed by atoms with Crippen LogP contribution >= 0.6 is 11.6 Å². The lowest BCUT2D eigenvalue weighted by molar-refractivity contribution is -0.139. The second kappa shape index (κ2) is 14.1. The van der Waals surface area contributed by atoms with Crippen molar-refractivity contribution < 1.29 is 22.7 Å². The Bertz CT molecular complexity index is 1460. The Labute approximate surface area is 253 Å². The van der Waals surface area contributed by atoms with Gasteiger partial charge in [-0.1, -0.05) is 60.7 Å². The molecule has 1 saturated carbocycles. The van der Waals surface area contributed by atoms with Crippen molar-refractivity contribution in [2.75, 3.05) is 18.0 Å². The van der Waals surface area contributed by atoms with Gasteiger partial charge in [0.05, 0.1) is 17.7 Å². The Balaban J connectivity index is 1.66. The molecule has 3 aromatic carbocycles. The highest BCUT2D eigenvalue weighted by atomic mass is 35.5. The van der Waals surface area contributed by atoms with Crippen LogP contribution in [0.4, 0.5) is 5.69 Å². The number of aryl methyl sites for hydroxylation is 1. The van der Waals surface area contributed by atoms with E-state index in [0.29, 0.717) is 10.8 Å². The SMILES string of the molecule is COc1ccc(CN(C(=O)CN(c2ccc(Cl)cc2)S(=O)(=O)c2ccc(C)cc2)C(C)C(=O)NC2CCCCC2)cc1. The van der Waals surface area contributed by atoms with Crippen LogP contribution in [0.2, 0.25) is 5.02 Å². The van der Waals surface area contributed by atoms with Crippen molar-refractivity contribution in [1.29, 1.82) is 0 Å². The summed E-state index contributed by atoms with van der Waals surface area (Å²) >= 11 is 6.09. The quantitative estimate of drug-likeness (QED) is 0.299. The number of nitrogens with one attached hydrogen (secondary N) is 1. The van der Waals surface area contributed by atoms with Crippen LogP contribution < -0.4 is 14.4 Å². The fourth-order valence-corrected chi connectivity index (χ4v) is 6.59. The minimum atomic E-state index is -4.14. The lowest BCUT2D eigenvalue weighted by Gasteiger charge is -2.33. The Morgan fingerprint density at radius 1 is 0.952 bits per heavy atom. The maximum Gasteiger partial charge on any atom is 0.264 e. The molecule has 8 nitrogen and oxygen atoms in total. The number of halogens is 1. The number of methoxy groups -OCH3 is 1. The highest BCUT2D eigenvalue weighted by molar-refractivity contribution is 7.92. The molecule has 1 unspecified atom stereocenters. The van der Waals surface area contributed by atoms with Crippen molar-refractivity contribution in [3.8, 4) is 5.75 Å². The van der Waals surface area contributed by atoms with Crippen LogP contribution in [0.3, 0.4) is 0 Å². The van der Waals surface area contributed by atoms with Crippen molar-refractivity contribution >= 4 is 39.1 Å². The van der Waals surface area contributed by atoms with Gasteiger partial charge < -0.3 is 15.0 Å². The predicted molar refractivity (Wildman–Crippen MR) is 165 cm³/mol. The number of anilines is 1. The van der Waals surface area contributed by atoms with E-state index in [4.69, 9.17) is 16.3 Å². The average Bonchev–Trinajstić information content (AvgIpc) is 2.99. The maximum atomic E-state index is 14.1. The molecule has 42 heavy (non-hydrogen) atoms. The van der Waals surface area contributed by atoms with Crippen LogP contribution in [-0.2, 0) is 26.2 Å². The fourth-order valence-electron chi connectivity index (χ4n) is 5.05. The molecule has 0 heterocycles. The van der Waals surface area contributed by atoms with Gasteiger partial charge in [-0.3, -0.25) is 13.9 Å². The summed E-state index contributed by atoms with van der Waals surface area (Å²) in [5.41, 5.74) is 1.98. The van der Waals surface area contributed by atoms with Gasteiger partial charge >= 0.3 is 0 Å². The van der Waals surface area contributed by atoms with E-state index in [2.05, 4.69) is 5.32 Å². The topological polar surface area (TPSA) is 96.0 Å². The molecule has 1 aliphatic carbocycles. The molecule has 0 radical (unpaired) electrons. The summed E-state index contributed by atoms with van der Waals surface area (Å²) in [6.45, 7) is 3.16. The molecule has 0 aromatic heterocycles. The molecule has 0 bridgehead atoms. The van der Waals surface area contributed by atoms with Gasteiger partial charge in [0, 0.05) is 17.6 Å². The molecule has 10 heteroatoms. The number of amides is 2.